The van der Waals surface area contributed by atoms with Gasteiger partial charge in [0, 0.05) is 5.92 Å². The third-order valence-electron chi connectivity index (χ3n) is 5.29. The quantitative estimate of drug-likeness (QED) is 0.625. The fourth-order valence-electron chi connectivity index (χ4n) is 3.55. The zero-order valence-corrected chi connectivity index (χ0v) is 16.3. The molecule has 1 aliphatic carbocycles. The number of nitrogens with one attached hydrogen (secondary N) is 1. The van der Waals surface area contributed by atoms with E-state index in [-0.39, 0.29) is 28.8 Å². The second-order valence-electron chi connectivity index (χ2n) is 7.55. The van der Waals surface area contributed by atoms with Crippen LogP contribution in [-0.4, -0.2) is 17.0 Å². The summed E-state index contributed by atoms with van der Waals surface area (Å²) < 4.78 is 44.8. The average Bonchev–Trinajstić information content (AvgIpc) is 2.69. The summed E-state index contributed by atoms with van der Waals surface area (Å²) in [7, 11) is 0. The molecule has 0 atom stereocenters. The number of carbonyl (C=O) groups is 2. The number of anilines is 1. The van der Waals surface area contributed by atoms with Crippen LogP contribution in [0.1, 0.15) is 48.5 Å². The van der Waals surface area contributed by atoms with E-state index < -0.39 is 23.5 Å². The standard InChI is InChI=1S/C22H22F3NO4/c1-13-6-8-14(9-7-13)20(27)26-18-11-10-15(12-16(18)21(28)29)30-19-5-3-2-4-17(19)22(23,24)25/h2-5,10-14H,6-9H2,1H3,(H,26,27)(H,28,29). The van der Waals surface area contributed by atoms with Gasteiger partial charge < -0.3 is 15.2 Å². The van der Waals surface area contributed by atoms with E-state index in [2.05, 4.69) is 12.2 Å². The van der Waals surface area contributed by atoms with Crippen molar-refractivity contribution in [3.63, 3.8) is 0 Å². The van der Waals surface area contributed by atoms with E-state index in [1.807, 2.05) is 0 Å². The van der Waals surface area contributed by atoms with Gasteiger partial charge in [0.15, 0.2) is 0 Å². The van der Waals surface area contributed by atoms with Gasteiger partial charge in [-0.2, -0.15) is 13.2 Å². The Morgan fingerprint density at radius 2 is 1.73 bits per heavy atom. The first-order chi connectivity index (χ1) is 14.1. The maximum atomic E-state index is 13.1. The first-order valence-corrected chi connectivity index (χ1v) is 9.67. The molecule has 8 heteroatoms. The molecule has 2 aromatic rings. The molecule has 1 saturated carbocycles. The minimum Gasteiger partial charge on any atom is -0.478 e. The molecule has 1 amide bonds. The molecule has 1 aliphatic rings. The van der Waals surface area contributed by atoms with E-state index in [0.29, 0.717) is 5.92 Å². The number of ether oxygens (including phenoxy) is 1. The highest BCUT2D eigenvalue weighted by Gasteiger charge is 2.34. The molecule has 0 saturated heterocycles. The monoisotopic (exact) mass is 421 g/mol. The molecular formula is C22H22F3NO4. The van der Waals surface area contributed by atoms with Gasteiger partial charge in [0.1, 0.15) is 11.5 Å². The van der Waals surface area contributed by atoms with Gasteiger partial charge in [-0.1, -0.05) is 19.1 Å². The summed E-state index contributed by atoms with van der Waals surface area (Å²) >= 11 is 0. The molecule has 3 rings (SSSR count). The maximum Gasteiger partial charge on any atom is 0.419 e. The molecule has 5 nitrogen and oxygen atoms in total. The van der Waals surface area contributed by atoms with E-state index in [1.165, 1.54) is 24.3 Å². The van der Waals surface area contributed by atoms with Gasteiger partial charge in [-0.25, -0.2) is 4.79 Å². The van der Waals surface area contributed by atoms with Crippen LogP contribution in [0.4, 0.5) is 18.9 Å². The summed E-state index contributed by atoms with van der Waals surface area (Å²) in [6, 6.07) is 8.44. The average molecular weight is 421 g/mol. The number of amides is 1. The van der Waals surface area contributed by atoms with Crippen molar-refractivity contribution in [2.45, 2.75) is 38.8 Å². The van der Waals surface area contributed by atoms with Crippen LogP contribution in [-0.2, 0) is 11.0 Å². The van der Waals surface area contributed by atoms with E-state index in [9.17, 15) is 27.9 Å². The molecule has 0 bridgehead atoms. The number of para-hydroxylation sites is 1. The van der Waals surface area contributed by atoms with Crippen molar-refractivity contribution in [1.29, 1.82) is 0 Å². The molecule has 0 aliphatic heterocycles. The molecule has 0 spiro atoms. The van der Waals surface area contributed by atoms with Crippen LogP contribution in [0.5, 0.6) is 11.5 Å². The summed E-state index contributed by atoms with van der Waals surface area (Å²) in [6.45, 7) is 2.13. The van der Waals surface area contributed by atoms with Gasteiger partial charge in [0.25, 0.3) is 0 Å². The molecule has 160 valence electrons. The Balaban J connectivity index is 1.81. The fourth-order valence-corrected chi connectivity index (χ4v) is 3.55. The predicted molar refractivity (Wildman–Crippen MR) is 105 cm³/mol. The molecule has 0 unspecified atom stereocenters. The van der Waals surface area contributed by atoms with Crippen LogP contribution < -0.4 is 10.1 Å². The minimum atomic E-state index is -4.61. The highest BCUT2D eigenvalue weighted by Crippen LogP contribution is 2.38. The highest BCUT2D eigenvalue weighted by molar-refractivity contribution is 6.01. The van der Waals surface area contributed by atoms with E-state index in [1.54, 1.807) is 0 Å². The molecule has 0 radical (unpaired) electrons. The van der Waals surface area contributed by atoms with E-state index >= 15 is 0 Å². The van der Waals surface area contributed by atoms with Crippen LogP contribution in [0.15, 0.2) is 42.5 Å². The first-order valence-electron chi connectivity index (χ1n) is 9.67. The van der Waals surface area contributed by atoms with E-state index in [0.717, 1.165) is 43.9 Å². The number of alkyl halides is 3. The SMILES string of the molecule is CC1CCC(C(=O)Nc2ccc(Oc3ccccc3C(F)(F)F)cc2C(=O)O)CC1. The van der Waals surface area contributed by atoms with Crippen LogP contribution >= 0.6 is 0 Å². The molecule has 30 heavy (non-hydrogen) atoms. The topological polar surface area (TPSA) is 75.6 Å². The van der Waals surface area contributed by atoms with Gasteiger partial charge in [-0.3, -0.25) is 4.79 Å². The van der Waals surface area contributed by atoms with Gasteiger partial charge in [-0.05, 0) is 61.9 Å². The second-order valence-corrected chi connectivity index (χ2v) is 7.55. The molecule has 1 fully saturated rings. The number of carbonyl (C=O) groups excluding carboxylic acids is 1. The van der Waals surface area contributed by atoms with Crippen LogP contribution in [0.2, 0.25) is 0 Å². The van der Waals surface area contributed by atoms with Crippen molar-refractivity contribution in [2.24, 2.45) is 11.8 Å². The Labute approximate surface area is 171 Å². The fraction of sp³-hybridized carbons (Fsp3) is 0.364. The molecule has 0 heterocycles. The number of halogens is 3. The third kappa shape index (κ3) is 5.11. The highest BCUT2D eigenvalue weighted by atomic mass is 19.4. The normalized spacial score (nSPS) is 19.2. The lowest BCUT2D eigenvalue weighted by Crippen LogP contribution is -2.27. The molecule has 0 aromatic heterocycles. The Morgan fingerprint density at radius 3 is 2.37 bits per heavy atom. The summed E-state index contributed by atoms with van der Waals surface area (Å²) in [5.41, 5.74) is -1.14. The number of hydrogen-bond donors (Lipinski definition) is 2. The van der Waals surface area contributed by atoms with Crippen molar-refractivity contribution in [3.05, 3.63) is 53.6 Å². The summed E-state index contributed by atoms with van der Waals surface area (Å²) in [5.74, 6) is -1.70. The number of aromatic carboxylic acids is 1. The lowest BCUT2D eigenvalue weighted by molar-refractivity contribution is -0.138. The maximum absolute atomic E-state index is 13.1. The Bertz CT molecular complexity index is 934. The van der Waals surface area contributed by atoms with Crippen LogP contribution in [0, 0.1) is 11.8 Å². The summed E-state index contributed by atoms with van der Waals surface area (Å²) in [4.78, 5) is 24.2. The molecule has 2 aromatic carbocycles. The van der Waals surface area contributed by atoms with Crippen LogP contribution in [0.25, 0.3) is 0 Å². The lowest BCUT2D eigenvalue weighted by Gasteiger charge is -2.25. The Hall–Kier alpha value is -3.03. The lowest BCUT2D eigenvalue weighted by atomic mass is 9.82. The number of hydrogen-bond acceptors (Lipinski definition) is 3. The van der Waals surface area contributed by atoms with Gasteiger partial charge in [0.2, 0.25) is 5.91 Å². The largest absolute Gasteiger partial charge is 0.478 e. The number of carboxylic acids is 1. The van der Waals surface area contributed by atoms with E-state index in [4.69, 9.17) is 4.74 Å². The summed E-state index contributed by atoms with van der Waals surface area (Å²) in [5, 5.41) is 12.2. The molecule has 2 N–H and O–H groups in total. The van der Waals surface area contributed by atoms with Gasteiger partial charge >= 0.3 is 12.1 Å². The Kier molecular flexibility index (Phi) is 6.34. The van der Waals surface area contributed by atoms with Crippen molar-refractivity contribution in [2.75, 3.05) is 5.32 Å². The smallest absolute Gasteiger partial charge is 0.419 e. The number of benzene rings is 2. The van der Waals surface area contributed by atoms with Crippen molar-refractivity contribution < 1.29 is 32.6 Å². The number of rotatable bonds is 5. The van der Waals surface area contributed by atoms with Gasteiger partial charge in [-0.15, -0.1) is 0 Å². The van der Waals surface area contributed by atoms with Crippen molar-refractivity contribution >= 4 is 17.6 Å². The Morgan fingerprint density at radius 1 is 1.07 bits per heavy atom. The third-order valence-corrected chi connectivity index (χ3v) is 5.29. The van der Waals surface area contributed by atoms with Gasteiger partial charge in [0.05, 0.1) is 16.8 Å². The van der Waals surface area contributed by atoms with Crippen LogP contribution in [0.3, 0.4) is 0 Å². The predicted octanol–water partition coefficient (Wildman–Crippen LogP) is 5.96. The zero-order chi connectivity index (χ0) is 21.9. The van der Waals surface area contributed by atoms with Crippen molar-refractivity contribution in [3.8, 4) is 11.5 Å². The summed E-state index contributed by atoms with van der Waals surface area (Å²) in [6.07, 6.45) is -1.25. The number of carboxylic acid groups (broad SMARTS) is 1. The molecular weight excluding hydrogens is 399 g/mol. The second kappa shape index (κ2) is 8.77. The zero-order valence-electron chi connectivity index (χ0n) is 16.3. The first kappa shape index (κ1) is 21.7. The minimum absolute atomic E-state index is 0.0754. The van der Waals surface area contributed by atoms with Crippen molar-refractivity contribution in [1.82, 2.24) is 0 Å².